The van der Waals surface area contributed by atoms with E-state index in [1.165, 1.54) is 17.1 Å². The minimum atomic E-state index is -0.135. The van der Waals surface area contributed by atoms with E-state index in [-0.39, 0.29) is 5.91 Å². The average Bonchev–Trinajstić information content (AvgIpc) is 2.83. The van der Waals surface area contributed by atoms with Gasteiger partial charge in [0.05, 0.1) is 4.91 Å². The van der Waals surface area contributed by atoms with Gasteiger partial charge in [0.25, 0.3) is 5.91 Å². The molecule has 0 unspecified atom stereocenters. The van der Waals surface area contributed by atoms with Crippen LogP contribution in [0.2, 0.25) is 0 Å². The summed E-state index contributed by atoms with van der Waals surface area (Å²) in [6.07, 6.45) is 0. The molecule has 1 heterocycles. The summed E-state index contributed by atoms with van der Waals surface area (Å²) in [7, 11) is 0. The molecule has 0 radical (unpaired) electrons. The van der Waals surface area contributed by atoms with E-state index in [0.29, 0.717) is 15.8 Å². The summed E-state index contributed by atoms with van der Waals surface area (Å²) >= 11 is 6.27. The van der Waals surface area contributed by atoms with Crippen LogP contribution in [0.15, 0.2) is 52.9 Å². The van der Waals surface area contributed by atoms with Crippen molar-refractivity contribution in [2.24, 2.45) is 0 Å². The molecule has 0 spiro atoms. The quantitative estimate of drug-likeness (QED) is 0.693. The molecule has 3 nitrogen and oxygen atoms in total. The van der Waals surface area contributed by atoms with Crippen LogP contribution >= 0.6 is 24.0 Å². The van der Waals surface area contributed by atoms with E-state index in [0.717, 1.165) is 16.7 Å². The van der Waals surface area contributed by atoms with Gasteiger partial charge in [0.1, 0.15) is 16.7 Å². The Hall–Kier alpha value is -1.85. The fourth-order valence-electron chi connectivity index (χ4n) is 2.11. The zero-order valence-corrected chi connectivity index (χ0v) is 13.0. The predicted octanol–water partition coefficient (Wildman–Crippen LogP) is 3.64. The van der Waals surface area contributed by atoms with Gasteiger partial charge in [0.2, 0.25) is 0 Å². The highest BCUT2D eigenvalue weighted by Crippen LogP contribution is 2.27. The van der Waals surface area contributed by atoms with Crippen molar-refractivity contribution in [2.45, 2.75) is 6.92 Å². The van der Waals surface area contributed by atoms with Crippen LogP contribution in [0.5, 0.6) is 5.75 Å². The molecule has 2 aromatic rings. The van der Waals surface area contributed by atoms with Crippen molar-refractivity contribution in [3.05, 3.63) is 52.9 Å². The second kappa shape index (κ2) is 5.87. The van der Waals surface area contributed by atoms with Gasteiger partial charge in [-0.25, -0.2) is 0 Å². The molecule has 1 amide bonds. The van der Waals surface area contributed by atoms with Gasteiger partial charge in [0.15, 0.2) is 0 Å². The van der Waals surface area contributed by atoms with Crippen molar-refractivity contribution in [3.63, 3.8) is 0 Å². The number of hydrogen-bond acceptors (Lipinski definition) is 4. The summed E-state index contributed by atoms with van der Waals surface area (Å²) < 4.78 is 6.28. The second-order valence-corrected chi connectivity index (χ2v) is 6.44. The third-order valence-corrected chi connectivity index (χ3v) is 4.56. The summed E-state index contributed by atoms with van der Waals surface area (Å²) in [5, 5.41) is 4.92. The lowest BCUT2D eigenvalue weighted by atomic mass is 10.1. The topological polar surface area (TPSA) is 38.3 Å². The first-order valence-electron chi connectivity index (χ1n) is 6.48. The van der Waals surface area contributed by atoms with Crippen LogP contribution in [0.3, 0.4) is 0 Å². The number of rotatable bonds is 3. The summed E-state index contributed by atoms with van der Waals surface area (Å²) in [6.45, 7) is 2.26. The number of nitrogens with one attached hydrogen (secondary N) is 1. The van der Waals surface area contributed by atoms with Crippen LogP contribution in [0.4, 0.5) is 0 Å². The number of fused-ring (bicyclic) bond motifs is 1. The lowest BCUT2D eigenvalue weighted by molar-refractivity contribution is -0.115. The molecule has 106 valence electrons. The number of carbonyl (C=O) groups excluding carboxylic acids is 1. The molecule has 21 heavy (non-hydrogen) atoms. The van der Waals surface area contributed by atoms with Gasteiger partial charge in [-0.3, -0.25) is 4.79 Å². The molecule has 0 bridgehead atoms. The lowest BCUT2D eigenvalue weighted by Crippen LogP contribution is -2.18. The number of carbonyl (C=O) groups is 1. The molecule has 1 fully saturated rings. The van der Waals surface area contributed by atoms with E-state index >= 15 is 0 Å². The highest BCUT2D eigenvalue weighted by atomic mass is 32.2. The largest absolute Gasteiger partial charge is 0.489 e. The second-order valence-electron chi connectivity index (χ2n) is 4.75. The average molecular weight is 315 g/mol. The Morgan fingerprint density at radius 2 is 2.00 bits per heavy atom. The first kappa shape index (κ1) is 14.1. The summed E-state index contributed by atoms with van der Waals surface area (Å²) in [5.74, 6) is 0.657. The highest BCUT2D eigenvalue weighted by Gasteiger charge is 2.24. The summed E-state index contributed by atoms with van der Waals surface area (Å²) in [6, 6.07) is 14.1. The smallest absolute Gasteiger partial charge is 0.263 e. The molecule has 1 aliphatic heterocycles. The van der Waals surface area contributed by atoms with Crippen LogP contribution in [-0.2, 0) is 4.79 Å². The molecule has 3 rings (SSSR count). The molecular weight excluding hydrogens is 302 g/mol. The van der Waals surface area contributed by atoms with E-state index in [2.05, 4.69) is 11.4 Å². The highest BCUT2D eigenvalue weighted by molar-refractivity contribution is 8.26. The Bertz CT molecular complexity index is 768. The van der Waals surface area contributed by atoms with E-state index in [9.17, 15) is 4.79 Å². The Morgan fingerprint density at radius 3 is 2.71 bits per heavy atom. The molecule has 2 aromatic carbocycles. The van der Waals surface area contributed by atoms with E-state index in [1.807, 2.05) is 43.3 Å². The monoisotopic (exact) mass is 315 g/mol. The van der Waals surface area contributed by atoms with Crippen molar-refractivity contribution in [1.82, 2.24) is 5.32 Å². The van der Waals surface area contributed by atoms with E-state index in [1.54, 1.807) is 0 Å². The van der Waals surface area contributed by atoms with Gasteiger partial charge in [-0.05, 0) is 35.4 Å². The van der Waals surface area contributed by atoms with Crippen molar-refractivity contribution in [2.75, 3.05) is 6.61 Å². The molecule has 5 heteroatoms. The molecule has 1 aliphatic rings. The van der Waals surface area contributed by atoms with Gasteiger partial charge in [-0.2, -0.15) is 0 Å². The molecule has 1 saturated heterocycles. The number of hydrogen-bond donors (Lipinski definition) is 1. The van der Waals surface area contributed by atoms with Crippen molar-refractivity contribution >= 4 is 45.0 Å². The minimum absolute atomic E-state index is 0.135. The van der Waals surface area contributed by atoms with Crippen molar-refractivity contribution < 1.29 is 9.53 Å². The fraction of sp³-hybridized carbons (Fsp3) is 0.125. The Balaban J connectivity index is 1.76. The van der Waals surface area contributed by atoms with Crippen LogP contribution in [-0.4, -0.2) is 16.8 Å². The van der Waals surface area contributed by atoms with E-state index < -0.39 is 0 Å². The van der Waals surface area contributed by atoms with Crippen LogP contribution in [0.1, 0.15) is 6.92 Å². The lowest BCUT2D eigenvalue weighted by Gasteiger charge is -2.08. The van der Waals surface area contributed by atoms with E-state index in [4.69, 9.17) is 17.0 Å². The van der Waals surface area contributed by atoms with Gasteiger partial charge < -0.3 is 10.1 Å². The molecule has 1 N–H and O–H groups in total. The van der Waals surface area contributed by atoms with Crippen LogP contribution in [0.25, 0.3) is 10.8 Å². The summed E-state index contributed by atoms with van der Waals surface area (Å²) in [4.78, 5) is 12.3. The SMILES string of the molecule is C/C(COc1ccc2ccccc2c1)=C1\SC(=S)NC1=O. The number of amides is 1. The third kappa shape index (κ3) is 3.09. The summed E-state index contributed by atoms with van der Waals surface area (Å²) in [5.41, 5.74) is 0.880. The molecule has 0 aliphatic carbocycles. The zero-order valence-electron chi connectivity index (χ0n) is 11.4. The Morgan fingerprint density at radius 1 is 1.24 bits per heavy atom. The van der Waals surface area contributed by atoms with Gasteiger partial charge in [-0.15, -0.1) is 0 Å². The number of ether oxygens (including phenoxy) is 1. The molecule has 0 saturated carbocycles. The fourth-order valence-corrected chi connectivity index (χ4v) is 3.16. The predicted molar refractivity (Wildman–Crippen MR) is 90.5 cm³/mol. The van der Waals surface area contributed by atoms with Gasteiger partial charge in [-0.1, -0.05) is 54.3 Å². The van der Waals surface area contributed by atoms with Crippen LogP contribution in [0, 0.1) is 0 Å². The maximum absolute atomic E-state index is 11.7. The third-order valence-electron chi connectivity index (χ3n) is 3.18. The standard InChI is InChI=1S/C16H13NO2S2/c1-10(14-15(18)17-16(20)21-14)9-19-13-7-6-11-4-2-3-5-12(11)8-13/h2-8H,9H2,1H3,(H,17,18,20)/b14-10+. The van der Waals surface area contributed by atoms with Crippen LogP contribution < -0.4 is 10.1 Å². The Kier molecular flexibility index (Phi) is 3.94. The molecule has 0 atom stereocenters. The van der Waals surface area contributed by atoms with Gasteiger partial charge >= 0.3 is 0 Å². The van der Waals surface area contributed by atoms with Crippen molar-refractivity contribution in [3.8, 4) is 5.75 Å². The number of benzene rings is 2. The minimum Gasteiger partial charge on any atom is -0.489 e. The zero-order chi connectivity index (χ0) is 14.8. The maximum atomic E-state index is 11.7. The Labute approximate surface area is 132 Å². The number of thiocarbonyl (C=S) groups is 1. The normalized spacial score (nSPS) is 17.0. The number of thioether (sulfide) groups is 1. The van der Waals surface area contributed by atoms with Gasteiger partial charge in [0, 0.05) is 0 Å². The first-order chi connectivity index (χ1) is 10.1. The molecule has 0 aromatic heterocycles. The molecular formula is C16H13NO2S2. The van der Waals surface area contributed by atoms with Crippen molar-refractivity contribution in [1.29, 1.82) is 0 Å². The maximum Gasteiger partial charge on any atom is 0.263 e. The first-order valence-corrected chi connectivity index (χ1v) is 7.70.